The van der Waals surface area contributed by atoms with E-state index in [1.54, 1.807) is 0 Å². The average Bonchev–Trinajstić information content (AvgIpc) is 2.35. The van der Waals surface area contributed by atoms with E-state index in [4.69, 9.17) is 4.74 Å². The van der Waals surface area contributed by atoms with Crippen LogP contribution in [-0.4, -0.2) is 18.9 Å². The highest BCUT2D eigenvalue weighted by Gasteiger charge is 2.28. The first kappa shape index (κ1) is 13.9. The van der Waals surface area contributed by atoms with Gasteiger partial charge in [0, 0.05) is 12.0 Å². The van der Waals surface area contributed by atoms with Crippen molar-refractivity contribution in [3.05, 3.63) is 11.6 Å². The van der Waals surface area contributed by atoms with Gasteiger partial charge in [-0.2, -0.15) is 0 Å². The molecule has 1 unspecified atom stereocenters. The Balaban J connectivity index is 2.71. The van der Waals surface area contributed by atoms with E-state index < -0.39 is 0 Å². The number of esters is 1. The van der Waals surface area contributed by atoms with Crippen LogP contribution in [0.4, 0.5) is 0 Å². The van der Waals surface area contributed by atoms with Gasteiger partial charge in [0.25, 0.3) is 0 Å². The number of hydrogen-bond donors (Lipinski definition) is 0. The summed E-state index contributed by atoms with van der Waals surface area (Å²) in [6.45, 7) is 2.12. The molecule has 17 heavy (non-hydrogen) atoms. The van der Waals surface area contributed by atoms with Crippen molar-refractivity contribution in [3.63, 3.8) is 0 Å². The molecule has 1 aliphatic rings. The Labute approximate surface area is 103 Å². The van der Waals surface area contributed by atoms with Crippen LogP contribution in [-0.2, 0) is 14.3 Å². The largest absolute Gasteiger partial charge is 0.469 e. The molecule has 3 heteroatoms. The molecule has 1 atom stereocenters. The second kappa shape index (κ2) is 7.25. The smallest absolute Gasteiger partial charge is 0.313 e. The number of carbonyl (C=O) groups excluding carboxylic acids is 2. The van der Waals surface area contributed by atoms with E-state index in [9.17, 15) is 9.59 Å². The molecule has 0 radical (unpaired) electrons. The monoisotopic (exact) mass is 238 g/mol. The van der Waals surface area contributed by atoms with Gasteiger partial charge >= 0.3 is 5.97 Å². The van der Waals surface area contributed by atoms with E-state index in [1.165, 1.54) is 7.11 Å². The van der Waals surface area contributed by atoms with Crippen molar-refractivity contribution < 1.29 is 14.3 Å². The molecule has 0 aromatic rings. The molecular formula is C14H22O3. The Morgan fingerprint density at radius 2 is 2.24 bits per heavy atom. The standard InChI is InChI=1S/C14H22O3/c1-3-4-5-9-12(14(16)17-2)11-8-6-7-10-13(11)15/h8,12H,3-7,9-10H2,1-2H3. The van der Waals surface area contributed by atoms with Gasteiger partial charge in [-0.25, -0.2) is 0 Å². The maximum Gasteiger partial charge on any atom is 0.313 e. The van der Waals surface area contributed by atoms with Gasteiger partial charge in [0.1, 0.15) is 0 Å². The Morgan fingerprint density at radius 1 is 1.47 bits per heavy atom. The molecule has 1 aliphatic carbocycles. The van der Waals surface area contributed by atoms with Gasteiger partial charge in [0.05, 0.1) is 13.0 Å². The summed E-state index contributed by atoms with van der Waals surface area (Å²) in [5, 5.41) is 0. The van der Waals surface area contributed by atoms with Crippen molar-refractivity contribution in [2.24, 2.45) is 5.92 Å². The van der Waals surface area contributed by atoms with Crippen LogP contribution in [0.5, 0.6) is 0 Å². The molecule has 0 bridgehead atoms. The Kier molecular flexibility index (Phi) is 5.95. The van der Waals surface area contributed by atoms with Gasteiger partial charge in [0.2, 0.25) is 0 Å². The zero-order chi connectivity index (χ0) is 12.7. The van der Waals surface area contributed by atoms with Crippen LogP contribution >= 0.6 is 0 Å². The zero-order valence-corrected chi connectivity index (χ0v) is 10.8. The van der Waals surface area contributed by atoms with E-state index in [0.29, 0.717) is 12.0 Å². The predicted molar refractivity (Wildman–Crippen MR) is 66.6 cm³/mol. The lowest BCUT2D eigenvalue weighted by molar-refractivity contribution is -0.145. The van der Waals surface area contributed by atoms with E-state index in [-0.39, 0.29) is 17.7 Å². The minimum absolute atomic E-state index is 0.128. The summed E-state index contributed by atoms with van der Waals surface area (Å²) in [6.07, 6.45) is 8.23. The number of ketones is 1. The van der Waals surface area contributed by atoms with E-state index in [2.05, 4.69) is 6.92 Å². The summed E-state index contributed by atoms with van der Waals surface area (Å²) in [4.78, 5) is 23.5. The molecule has 3 nitrogen and oxygen atoms in total. The third-order valence-electron chi connectivity index (χ3n) is 3.25. The maximum absolute atomic E-state index is 11.8. The van der Waals surface area contributed by atoms with E-state index in [1.807, 2.05) is 6.08 Å². The van der Waals surface area contributed by atoms with Crippen molar-refractivity contribution in [2.45, 2.75) is 51.9 Å². The molecule has 0 N–H and O–H groups in total. The molecule has 1 rings (SSSR count). The fraction of sp³-hybridized carbons (Fsp3) is 0.714. The van der Waals surface area contributed by atoms with Crippen molar-refractivity contribution in [3.8, 4) is 0 Å². The lowest BCUT2D eigenvalue weighted by atomic mass is 9.85. The second-order valence-electron chi connectivity index (χ2n) is 4.55. The molecule has 96 valence electrons. The Bertz CT molecular complexity index is 305. The fourth-order valence-corrected chi connectivity index (χ4v) is 2.26. The first-order valence-electron chi connectivity index (χ1n) is 6.51. The van der Waals surface area contributed by atoms with Gasteiger partial charge in [0.15, 0.2) is 5.78 Å². The number of unbranched alkanes of at least 4 members (excludes halogenated alkanes) is 2. The maximum atomic E-state index is 11.8. The summed E-state index contributed by atoms with van der Waals surface area (Å²) in [7, 11) is 1.39. The van der Waals surface area contributed by atoms with Crippen LogP contribution in [0.3, 0.4) is 0 Å². The summed E-state index contributed by atoms with van der Waals surface area (Å²) >= 11 is 0. The van der Waals surface area contributed by atoms with E-state index in [0.717, 1.165) is 38.5 Å². The van der Waals surface area contributed by atoms with Crippen molar-refractivity contribution >= 4 is 11.8 Å². The number of carbonyl (C=O) groups is 2. The highest BCUT2D eigenvalue weighted by molar-refractivity contribution is 6.01. The number of rotatable bonds is 6. The topological polar surface area (TPSA) is 43.4 Å². The van der Waals surface area contributed by atoms with Crippen LogP contribution in [0.1, 0.15) is 51.9 Å². The minimum atomic E-state index is -0.334. The van der Waals surface area contributed by atoms with Gasteiger partial charge in [-0.15, -0.1) is 0 Å². The highest BCUT2D eigenvalue weighted by atomic mass is 16.5. The Morgan fingerprint density at radius 3 is 2.82 bits per heavy atom. The SMILES string of the molecule is CCCCCC(C(=O)OC)C1=CCCCC1=O. The van der Waals surface area contributed by atoms with Crippen LogP contribution in [0.2, 0.25) is 0 Å². The molecule has 0 heterocycles. The number of methoxy groups -OCH3 is 1. The first-order valence-corrected chi connectivity index (χ1v) is 6.51. The lowest BCUT2D eigenvalue weighted by Crippen LogP contribution is -2.24. The molecule has 0 spiro atoms. The average molecular weight is 238 g/mol. The van der Waals surface area contributed by atoms with Gasteiger partial charge < -0.3 is 4.74 Å². The van der Waals surface area contributed by atoms with Crippen molar-refractivity contribution in [2.75, 3.05) is 7.11 Å². The quantitative estimate of drug-likeness (QED) is 0.527. The van der Waals surface area contributed by atoms with Crippen LogP contribution in [0, 0.1) is 5.92 Å². The molecule has 0 aromatic carbocycles. The number of Topliss-reactive ketones (excluding diaryl/α,β-unsaturated/α-hetero) is 1. The number of allylic oxidation sites excluding steroid dienone is 1. The van der Waals surface area contributed by atoms with Gasteiger partial charge in [-0.3, -0.25) is 9.59 Å². The first-order chi connectivity index (χ1) is 8.20. The molecule has 0 amide bonds. The molecule has 0 saturated carbocycles. The highest BCUT2D eigenvalue weighted by Crippen LogP contribution is 2.26. The molecule has 0 fully saturated rings. The summed E-state index contributed by atoms with van der Waals surface area (Å²) in [5.41, 5.74) is 0.694. The fourth-order valence-electron chi connectivity index (χ4n) is 2.26. The predicted octanol–water partition coefficient (Wildman–Crippen LogP) is 3.04. The normalized spacial score (nSPS) is 17.5. The molecular weight excluding hydrogens is 216 g/mol. The number of hydrogen-bond acceptors (Lipinski definition) is 3. The molecule has 0 saturated heterocycles. The Hall–Kier alpha value is -1.12. The van der Waals surface area contributed by atoms with Gasteiger partial charge in [-0.1, -0.05) is 32.3 Å². The summed E-state index contributed by atoms with van der Waals surface area (Å²) < 4.78 is 4.81. The zero-order valence-electron chi connectivity index (χ0n) is 10.8. The van der Waals surface area contributed by atoms with Crippen LogP contribution < -0.4 is 0 Å². The molecule has 0 aliphatic heterocycles. The van der Waals surface area contributed by atoms with Crippen molar-refractivity contribution in [1.29, 1.82) is 0 Å². The van der Waals surface area contributed by atoms with Crippen LogP contribution in [0.15, 0.2) is 11.6 Å². The minimum Gasteiger partial charge on any atom is -0.469 e. The summed E-state index contributed by atoms with van der Waals surface area (Å²) in [5.74, 6) is -0.467. The number of ether oxygens (including phenoxy) is 1. The third-order valence-corrected chi connectivity index (χ3v) is 3.25. The van der Waals surface area contributed by atoms with E-state index >= 15 is 0 Å². The third kappa shape index (κ3) is 3.99. The lowest BCUT2D eigenvalue weighted by Gasteiger charge is -2.20. The molecule has 0 aromatic heterocycles. The van der Waals surface area contributed by atoms with Crippen molar-refractivity contribution in [1.82, 2.24) is 0 Å². The van der Waals surface area contributed by atoms with Gasteiger partial charge in [-0.05, 0) is 19.3 Å². The van der Waals surface area contributed by atoms with Crippen LogP contribution in [0.25, 0.3) is 0 Å². The second-order valence-corrected chi connectivity index (χ2v) is 4.55. The summed E-state index contributed by atoms with van der Waals surface area (Å²) in [6, 6.07) is 0.